The number of halogens is 2. The summed E-state index contributed by atoms with van der Waals surface area (Å²) in [7, 11) is -3.83. The van der Waals surface area contributed by atoms with Gasteiger partial charge < -0.3 is 5.73 Å². The van der Waals surface area contributed by atoms with Crippen molar-refractivity contribution in [2.24, 2.45) is 5.73 Å². The molecule has 0 heterocycles. The number of fused-ring (bicyclic) bond motifs is 1. The topological polar surface area (TPSA) is 60.2 Å². The Bertz CT molecular complexity index is 794. The minimum Gasteiger partial charge on any atom is -0.330 e. The van der Waals surface area contributed by atoms with E-state index >= 15 is 0 Å². The smallest absolute Gasteiger partial charge is 0.209 e. The molecule has 6 heteroatoms. The molecule has 0 amide bonds. The van der Waals surface area contributed by atoms with E-state index in [-0.39, 0.29) is 28.1 Å². The number of rotatable bonds is 3. The molecule has 0 bridgehead atoms. The lowest BCUT2D eigenvalue weighted by molar-refractivity contribution is 0.510. The van der Waals surface area contributed by atoms with Gasteiger partial charge in [0.15, 0.2) is 0 Å². The van der Waals surface area contributed by atoms with Crippen molar-refractivity contribution in [1.82, 2.24) is 0 Å². The maximum atomic E-state index is 14.8. The molecule has 0 aliphatic heterocycles. The van der Waals surface area contributed by atoms with Crippen LogP contribution >= 0.6 is 12.4 Å². The standard InChI is InChI=1S/C17H18FNO2S.ClH/c18-17-15-8-4-5-12(11-19)14(15)9-10-16(17)22(20,21)13-6-2-1-3-7-13;/h1-3,6-7,9-10,12H,4-5,8,11,19H2;1H/t12-;/m0./s1. The van der Waals surface area contributed by atoms with Crippen LogP contribution in [0.3, 0.4) is 0 Å². The first-order valence-corrected chi connectivity index (χ1v) is 8.85. The van der Waals surface area contributed by atoms with Crippen molar-refractivity contribution in [3.05, 3.63) is 59.4 Å². The fourth-order valence-corrected chi connectivity index (χ4v) is 4.49. The first kappa shape index (κ1) is 17.9. The summed E-state index contributed by atoms with van der Waals surface area (Å²) in [6, 6.07) is 11.1. The van der Waals surface area contributed by atoms with Crippen LogP contribution in [-0.2, 0) is 16.3 Å². The van der Waals surface area contributed by atoms with E-state index in [1.165, 1.54) is 18.2 Å². The summed E-state index contributed by atoms with van der Waals surface area (Å²) < 4.78 is 40.1. The fraction of sp³-hybridized carbons (Fsp3) is 0.294. The molecule has 0 spiro atoms. The van der Waals surface area contributed by atoms with E-state index in [2.05, 4.69) is 0 Å². The Kier molecular flexibility index (Phi) is 5.45. The van der Waals surface area contributed by atoms with Crippen LogP contribution in [0.25, 0.3) is 0 Å². The van der Waals surface area contributed by atoms with Gasteiger partial charge in [-0.1, -0.05) is 24.3 Å². The molecule has 1 aliphatic rings. The molecule has 3 rings (SSSR count). The monoisotopic (exact) mass is 355 g/mol. The van der Waals surface area contributed by atoms with E-state index < -0.39 is 15.7 Å². The zero-order chi connectivity index (χ0) is 15.7. The van der Waals surface area contributed by atoms with Gasteiger partial charge in [0, 0.05) is 0 Å². The second-order valence-corrected chi connectivity index (χ2v) is 7.50. The van der Waals surface area contributed by atoms with Crippen LogP contribution in [0.1, 0.15) is 29.9 Å². The van der Waals surface area contributed by atoms with Gasteiger partial charge in [0.25, 0.3) is 0 Å². The number of hydrogen-bond donors (Lipinski definition) is 1. The highest BCUT2D eigenvalue weighted by Crippen LogP contribution is 2.36. The van der Waals surface area contributed by atoms with Gasteiger partial charge in [0.2, 0.25) is 9.84 Å². The quantitative estimate of drug-likeness (QED) is 0.917. The maximum absolute atomic E-state index is 14.8. The molecular formula is C17H19ClFNO2S. The first-order chi connectivity index (χ1) is 10.6. The molecule has 0 saturated carbocycles. The third-order valence-corrected chi connectivity index (χ3v) is 6.08. The molecule has 0 unspecified atom stereocenters. The molecule has 1 atom stereocenters. The van der Waals surface area contributed by atoms with Gasteiger partial charge in [-0.25, -0.2) is 12.8 Å². The average Bonchev–Trinajstić information content (AvgIpc) is 2.55. The van der Waals surface area contributed by atoms with E-state index in [4.69, 9.17) is 5.73 Å². The molecule has 2 aromatic rings. The molecule has 23 heavy (non-hydrogen) atoms. The summed E-state index contributed by atoms with van der Waals surface area (Å²) in [6.45, 7) is 0.456. The highest BCUT2D eigenvalue weighted by molar-refractivity contribution is 7.91. The normalized spacial score (nSPS) is 17.2. The predicted molar refractivity (Wildman–Crippen MR) is 90.3 cm³/mol. The van der Waals surface area contributed by atoms with E-state index in [1.807, 2.05) is 0 Å². The summed E-state index contributed by atoms with van der Waals surface area (Å²) in [5.41, 5.74) is 7.11. The molecule has 0 saturated heterocycles. The lowest BCUT2D eigenvalue weighted by Gasteiger charge is -2.25. The Hall–Kier alpha value is -1.43. The van der Waals surface area contributed by atoms with Crippen molar-refractivity contribution in [3.63, 3.8) is 0 Å². The molecule has 124 valence electrons. The van der Waals surface area contributed by atoms with Gasteiger partial charge in [0.05, 0.1) is 4.90 Å². The number of benzene rings is 2. The van der Waals surface area contributed by atoms with Crippen molar-refractivity contribution in [3.8, 4) is 0 Å². The fourth-order valence-electron chi connectivity index (χ4n) is 3.11. The van der Waals surface area contributed by atoms with Crippen LogP contribution in [-0.4, -0.2) is 15.0 Å². The van der Waals surface area contributed by atoms with Gasteiger partial charge in [-0.15, -0.1) is 12.4 Å². The Labute approximate surface area is 142 Å². The molecule has 0 fully saturated rings. The lowest BCUT2D eigenvalue weighted by atomic mass is 9.82. The maximum Gasteiger partial charge on any atom is 0.209 e. The second kappa shape index (κ2) is 6.99. The van der Waals surface area contributed by atoms with Crippen molar-refractivity contribution >= 4 is 22.2 Å². The van der Waals surface area contributed by atoms with Gasteiger partial charge in [-0.05, 0) is 61.1 Å². The predicted octanol–water partition coefficient (Wildman–Crippen LogP) is 3.46. The largest absolute Gasteiger partial charge is 0.330 e. The highest BCUT2D eigenvalue weighted by Gasteiger charge is 2.28. The molecular weight excluding hydrogens is 337 g/mol. The van der Waals surface area contributed by atoms with Crippen LogP contribution in [0.4, 0.5) is 4.39 Å². The third-order valence-electron chi connectivity index (χ3n) is 4.29. The van der Waals surface area contributed by atoms with E-state index in [1.54, 1.807) is 24.3 Å². The van der Waals surface area contributed by atoms with Crippen LogP contribution in [0.5, 0.6) is 0 Å². The van der Waals surface area contributed by atoms with Crippen molar-refractivity contribution in [2.75, 3.05) is 6.54 Å². The molecule has 2 aromatic carbocycles. The Morgan fingerprint density at radius 2 is 1.83 bits per heavy atom. The minimum atomic E-state index is -3.83. The summed E-state index contributed by atoms with van der Waals surface area (Å²) >= 11 is 0. The molecule has 0 radical (unpaired) electrons. The average molecular weight is 356 g/mol. The summed E-state index contributed by atoms with van der Waals surface area (Å²) in [5, 5.41) is 0. The molecule has 1 aliphatic carbocycles. The van der Waals surface area contributed by atoms with Gasteiger partial charge in [-0.3, -0.25) is 0 Å². The zero-order valence-corrected chi connectivity index (χ0v) is 14.2. The summed E-state index contributed by atoms with van der Waals surface area (Å²) in [6.07, 6.45) is 2.32. The van der Waals surface area contributed by atoms with Crippen LogP contribution < -0.4 is 5.73 Å². The summed E-state index contributed by atoms with van der Waals surface area (Å²) in [4.78, 5) is -0.129. The van der Waals surface area contributed by atoms with Crippen molar-refractivity contribution in [2.45, 2.75) is 35.0 Å². The van der Waals surface area contributed by atoms with Crippen LogP contribution in [0.2, 0.25) is 0 Å². The minimum absolute atomic E-state index is 0. The van der Waals surface area contributed by atoms with Gasteiger partial charge in [-0.2, -0.15) is 0 Å². The van der Waals surface area contributed by atoms with E-state index in [9.17, 15) is 12.8 Å². The van der Waals surface area contributed by atoms with E-state index in [0.29, 0.717) is 18.5 Å². The Morgan fingerprint density at radius 1 is 1.13 bits per heavy atom. The van der Waals surface area contributed by atoms with E-state index in [0.717, 1.165) is 18.4 Å². The van der Waals surface area contributed by atoms with Gasteiger partial charge in [0.1, 0.15) is 10.7 Å². The van der Waals surface area contributed by atoms with Crippen molar-refractivity contribution < 1.29 is 12.8 Å². The van der Waals surface area contributed by atoms with Crippen LogP contribution in [0.15, 0.2) is 52.3 Å². The zero-order valence-electron chi connectivity index (χ0n) is 12.5. The first-order valence-electron chi connectivity index (χ1n) is 7.37. The van der Waals surface area contributed by atoms with Gasteiger partial charge >= 0.3 is 0 Å². The third kappa shape index (κ3) is 3.13. The number of sulfone groups is 1. The second-order valence-electron chi connectivity index (χ2n) is 5.59. The molecule has 0 aromatic heterocycles. The lowest BCUT2D eigenvalue weighted by Crippen LogP contribution is -2.20. The Balaban J connectivity index is 0.00000192. The van der Waals surface area contributed by atoms with Crippen LogP contribution in [0, 0.1) is 5.82 Å². The highest BCUT2D eigenvalue weighted by atomic mass is 35.5. The summed E-state index contributed by atoms with van der Waals surface area (Å²) in [5.74, 6) is -0.494. The van der Waals surface area contributed by atoms with Crippen molar-refractivity contribution in [1.29, 1.82) is 0 Å². The SMILES string of the molecule is Cl.NC[C@@H]1CCCc2c1ccc(S(=O)(=O)c1ccccc1)c2F. The number of hydrogen-bond acceptors (Lipinski definition) is 3. The Morgan fingerprint density at radius 3 is 2.48 bits per heavy atom. The molecule has 2 N–H and O–H groups in total. The number of nitrogens with two attached hydrogens (primary N) is 1. The molecule has 3 nitrogen and oxygen atoms in total.